The van der Waals surface area contributed by atoms with E-state index in [4.69, 9.17) is 4.46 Å². The van der Waals surface area contributed by atoms with E-state index >= 15 is 0 Å². The molecule has 2 radical (unpaired) electrons. The zero-order chi connectivity index (χ0) is 2.00. The summed E-state index contributed by atoms with van der Waals surface area (Å²) in [7, 11) is 1.72. The van der Waals surface area contributed by atoms with Crippen LogP contribution in [0.25, 0.3) is 0 Å². The predicted octanol–water partition coefficient (Wildman–Crippen LogP) is -0.505. The van der Waals surface area contributed by atoms with Gasteiger partial charge in [0.25, 0.3) is 0 Å². The fourth-order valence-corrected chi connectivity index (χ4v) is 0. The van der Waals surface area contributed by atoms with Gasteiger partial charge in [0, 0.05) is 36.8 Å². The second-order valence-electron chi connectivity index (χ2n) is 0. The third kappa shape index (κ3) is 10.9. The molecule has 0 aliphatic carbocycles. The van der Waals surface area contributed by atoms with Crippen LogP contribution < -0.4 is 0 Å². The first-order valence-electron chi connectivity index (χ1n) is 0.204. The van der Waals surface area contributed by atoms with Gasteiger partial charge in [0.15, 0.2) is 0 Å². The van der Waals surface area contributed by atoms with E-state index in [1.807, 2.05) is 0 Å². The first-order chi connectivity index (χ1) is 1.00. The van der Waals surface area contributed by atoms with Crippen LogP contribution in [0.5, 0.6) is 0 Å². The fraction of sp³-hybridized carbons (Fsp3) is 0. The molecule has 1 nitrogen and oxygen atoms in total. The minimum atomic E-state index is 0. The Morgan fingerprint density at radius 1 is 1.25 bits per heavy atom. The third-order valence-electron chi connectivity index (χ3n) is 0. The second kappa shape index (κ2) is 30.5. The van der Waals surface area contributed by atoms with Crippen LogP contribution in [0.4, 0.5) is 0 Å². The SMILES string of the molecule is O=[Si].[Cr].[Zn]. The smallest absolute Gasteiger partial charge is 0.381 e. The Balaban J connectivity index is -0.00000000500. The summed E-state index contributed by atoms with van der Waals surface area (Å²) in [5.74, 6) is 0. The molecule has 18 valence electrons. The minimum absolute atomic E-state index is 0. The average molecular weight is 161 g/mol. The number of hydrogen-bond acceptors (Lipinski definition) is 1. The van der Waals surface area contributed by atoms with Crippen molar-refractivity contribution in [3.63, 3.8) is 0 Å². The van der Waals surface area contributed by atoms with Crippen LogP contribution in [-0.2, 0) is 41.3 Å². The van der Waals surface area contributed by atoms with Crippen LogP contribution >= 0.6 is 0 Å². The molecule has 0 aromatic carbocycles. The summed E-state index contributed by atoms with van der Waals surface area (Å²) in [5.41, 5.74) is 0. The van der Waals surface area contributed by atoms with E-state index in [0.29, 0.717) is 0 Å². The molecule has 4 heavy (non-hydrogen) atoms. The Bertz CT molecular complexity index is 8.00. The van der Waals surface area contributed by atoms with Crippen molar-refractivity contribution in [2.45, 2.75) is 0 Å². The van der Waals surface area contributed by atoms with Gasteiger partial charge in [0.2, 0.25) is 0 Å². The van der Waals surface area contributed by atoms with Crippen LogP contribution in [0.2, 0.25) is 0 Å². The summed E-state index contributed by atoms with van der Waals surface area (Å²) in [6.07, 6.45) is 0. The molecule has 0 fully saturated rings. The quantitative estimate of drug-likeness (QED) is 0.438. The van der Waals surface area contributed by atoms with Crippen LogP contribution in [0.15, 0.2) is 0 Å². The van der Waals surface area contributed by atoms with E-state index in [2.05, 4.69) is 0 Å². The molecule has 0 bridgehead atoms. The number of rotatable bonds is 0. The Morgan fingerprint density at radius 3 is 1.25 bits per heavy atom. The van der Waals surface area contributed by atoms with Crippen molar-refractivity contribution in [2.75, 3.05) is 0 Å². The van der Waals surface area contributed by atoms with Gasteiger partial charge in [-0.15, -0.1) is 0 Å². The topological polar surface area (TPSA) is 17.1 Å². The van der Waals surface area contributed by atoms with Crippen LogP contribution in [0.1, 0.15) is 0 Å². The molecule has 0 spiro atoms. The molecule has 0 amide bonds. The van der Waals surface area contributed by atoms with Crippen LogP contribution in [-0.4, -0.2) is 10.1 Å². The molecule has 0 aliphatic rings. The summed E-state index contributed by atoms with van der Waals surface area (Å²) >= 11 is 0. The van der Waals surface area contributed by atoms with Gasteiger partial charge < -0.3 is 4.46 Å². The van der Waals surface area contributed by atoms with Crippen molar-refractivity contribution in [1.82, 2.24) is 0 Å². The van der Waals surface area contributed by atoms with Crippen molar-refractivity contribution in [1.29, 1.82) is 0 Å². The Labute approximate surface area is 51.5 Å². The molecule has 0 heterocycles. The van der Waals surface area contributed by atoms with Gasteiger partial charge >= 0.3 is 10.1 Å². The van der Waals surface area contributed by atoms with E-state index < -0.39 is 0 Å². The first kappa shape index (κ1) is 19.1. The molecule has 4 heteroatoms. The maximum absolute atomic E-state index is 8.06. The molecule has 0 saturated carbocycles. The summed E-state index contributed by atoms with van der Waals surface area (Å²) in [6.45, 7) is 0. The Kier molecular flexibility index (Phi) is 146. The second-order valence-corrected chi connectivity index (χ2v) is 0. The standard InChI is InChI=1S/Cr.OSi.Zn/c;1-2;. The van der Waals surface area contributed by atoms with Gasteiger partial charge in [-0.1, -0.05) is 0 Å². The fourth-order valence-electron chi connectivity index (χ4n) is 0. The van der Waals surface area contributed by atoms with Crippen molar-refractivity contribution in [2.24, 2.45) is 0 Å². The molecule has 0 aliphatic heterocycles. The first-order valence-corrected chi connectivity index (χ1v) is 0.612. The molecular weight excluding hydrogens is 161 g/mol. The maximum Gasteiger partial charge on any atom is 0.381 e. The largest absolute Gasteiger partial charge is 0.381 e. The monoisotopic (exact) mass is 160 g/mol. The molecule has 0 saturated heterocycles. The molecule has 0 aromatic rings. The van der Waals surface area contributed by atoms with E-state index in [0.717, 1.165) is 0 Å². The summed E-state index contributed by atoms with van der Waals surface area (Å²) in [5, 5.41) is 0. The minimum Gasteiger partial charge on any atom is -0.381 e. The number of hydrogen-bond donors (Lipinski definition) is 0. The molecule has 0 N–H and O–H groups in total. The predicted molar refractivity (Wildman–Crippen MR) is 6.44 cm³/mol. The Hall–Kier alpha value is 1.17. The van der Waals surface area contributed by atoms with Gasteiger partial charge in [-0.05, 0) is 0 Å². The van der Waals surface area contributed by atoms with Crippen molar-refractivity contribution in [3.8, 4) is 0 Å². The normalized spacial score (nSPS) is 1.00. The molecule has 0 unspecified atom stereocenters. The van der Waals surface area contributed by atoms with Crippen LogP contribution in [0, 0.1) is 0 Å². The maximum atomic E-state index is 8.06. The van der Waals surface area contributed by atoms with E-state index in [-0.39, 0.29) is 36.8 Å². The van der Waals surface area contributed by atoms with E-state index in [9.17, 15) is 0 Å². The summed E-state index contributed by atoms with van der Waals surface area (Å²) in [4.78, 5) is 0. The van der Waals surface area contributed by atoms with Gasteiger partial charge in [-0.2, -0.15) is 0 Å². The van der Waals surface area contributed by atoms with Crippen LogP contribution in [0.3, 0.4) is 0 Å². The molecule has 0 aromatic heterocycles. The van der Waals surface area contributed by atoms with E-state index in [1.165, 1.54) is 0 Å². The Morgan fingerprint density at radius 2 is 1.25 bits per heavy atom. The molecular formula is CrOSiZn. The van der Waals surface area contributed by atoms with Crippen molar-refractivity contribution < 1.29 is 41.3 Å². The van der Waals surface area contributed by atoms with Gasteiger partial charge in [0.1, 0.15) is 0 Å². The zero-order valence-corrected chi connectivity index (χ0v) is 7.27. The molecule has 0 rings (SSSR count). The van der Waals surface area contributed by atoms with Crippen molar-refractivity contribution in [3.05, 3.63) is 0 Å². The van der Waals surface area contributed by atoms with Gasteiger partial charge in [0.05, 0.1) is 0 Å². The van der Waals surface area contributed by atoms with Crippen molar-refractivity contribution >= 4 is 10.1 Å². The third-order valence-corrected chi connectivity index (χ3v) is 0. The summed E-state index contributed by atoms with van der Waals surface area (Å²) in [6, 6.07) is 0. The van der Waals surface area contributed by atoms with E-state index in [1.54, 1.807) is 10.1 Å². The molecule has 0 atom stereocenters. The van der Waals surface area contributed by atoms with Gasteiger partial charge in [-0.3, -0.25) is 0 Å². The summed E-state index contributed by atoms with van der Waals surface area (Å²) < 4.78 is 8.06. The van der Waals surface area contributed by atoms with Gasteiger partial charge in [-0.25, -0.2) is 0 Å². The average Bonchev–Trinajstić information content (AvgIpc) is 1.00. The zero-order valence-electron chi connectivity index (χ0n) is 2.02.